The fourth-order valence-corrected chi connectivity index (χ4v) is 6.36. The van der Waals surface area contributed by atoms with E-state index in [0.29, 0.717) is 47.3 Å². The Bertz CT molecular complexity index is 1690. The van der Waals surface area contributed by atoms with E-state index in [1.54, 1.807) is 24.3 Å². The summed E-state index contributed by atoms with van der Waals surface area (Å²) in [4.78, 5) is 27.8. The third kappa shape index (κ3) is 7.50. The van der Waals surface area contributed by atoms with Gasteiger partial charge >= 0.3 is 12.0 Å². The monoisotopic (exact) mass is 625 g/mol. The Morgan fingerprint density at radius 3 is 2.43 bits per heavy atom. The lowest BCUT2D eigenvalue weighted by Crippen LogP contribution is -2.37. The number of rotatable bonds is 10. The number of benzene rings is 2. The maximum atomic E-state index is 14.0. The molecule has 0 spiro atoms. The number of hydrogen-bond donors (Lipinski definition) is 5. The predicted octanol–water partition coefficient (Wildman–Crippen LogP) is 4.38. The molecule has 1 aromatic heterocycles. The number of carbonyl (C=O) groups excluding carboxylic acids is 1. The van der Waals surface area contributed by atoms with Crippen LogP contribution in [0.4, 0.5) is 9.18 Å². The van der Waals surface area contributed by atoms with Crippen molar-refractivity contribution < 1.29 is 37.7 Å². The lowest BCUT2D eigenvalue weighted by atomic mass is 9.86. The average Bonchev–Trinajstić information content (AvgIpc) is 3.13. The highest BCUT2D eigenvalue weighted by molar-refractivity contribution is 7.90. The summed E-state index contributed by atoms with van der Waals surface area (Å²) in [6, 6.07) is 9.83. The van der Waals surface area contributed by atoms with Crippen LogP contribution in [-0.4, -0.2) is 60.0 Å². The fourth-order valence-electron chi connectivity index (χ4n) is 5.38. The molecular weight excluding hydrogens is 589 g/mol. The molecule has 0 saturated carbocycles. The van der Waals surface area contributed by atoms with Gasteiger partial charge in [0.15, 0.2) is 0 Å². The standard InChI is InChI=1S/C32H36FN3O7S/c1-18(2)30-26(14-12-22(37)15-23(38)16-28(39)40)29(20-7-10-21(33)11-8-20)25-6-4-5-19-9-13-24(17-27(19)31(25)35-30)44(42,43)36-32(41)34-3/h7-14,17-18,22-23,37-38H,4-6,15-16H2,1-3H3,(H,39,40)(H2,34,36,41)/b14-12+/t22-,23-/m1/s1. The molecule has 44 heavy (non-hydrogen) atoms. The van der Waals surface area contributed by atoms with Crippen LogP contribution in [0.2, 0.25) is 0 Å². The van der Waals surface area contributed by atoms with Crippen molar-refractivity contribution >= 4 is 28.1 Å². The normalized spacial score (nSPS) is 14.4. The van der Waals surface area contributed by atoms with Gasteiger partial charge in [-0.25, -0.2) is 22.3 Å². The van der Waals surface area contributed by atoms with Crippen LogP contribution in [-0.2, 0) is 27.7 Å². The van der Waals surface area contributed by atoms with Crippen molar-refractivity contribution in [3.8, 4) is 22.4 Å². The Hall–Kier alpha value is -4.13. The number of aliphatic carboxylic acids is 1. The van der Waals surface area contributed by atoms with Crippen LogP contribution in [0.3, 0.4) is 0 Å². The second-order valence-corrected chi connectivity index (χ2v) is 12.7. The summed E-state index contributed by atoms with van der Waals surface area (Å²) in [5, 5.41) is 31.8. The van der Waals surface area contributed by atoms with Gasteiger partial charge in [-0.1, -0.05) is 44.2 Å². The largest absolute Gasteiger partial charge is 0.481 e. The van der Waals surface area contributed by atoms with Crippen molar-refractivity contribution in [1.82, 2.24) is 15.0 Å². The number of nitrogens with one attached hydrogen (secondary N) is 2. The maximum absolute atomic E-state index is 14.0. The van der Waals surface area contributed by atoms with Crippen molar-refractivity contribution in [3.05, 3.63) is 76.7 Å². The Labute approximate surface area is 255 Å². The molecule has 0 saturated heterocycles. The van der Waals surface area contributed by atoms with Gasteiger partial charge in [0.2, 0.25) is 0 Å². The number of nitrogens with zero attached hydrogens (tertiary/aromatic N) is 1. The number of aryl methyl sites for hydroxylation is 1. The highest BCUT2D eigenvalue weighted by atomic mass is 32.2. The van der Waals surface area contributed by atoms with E-state index in [4.69, 9.17) is 10.1 Å². The van der Waals surface area contributed by atoms with Gasteiger partial charge < -0.3 is 20.6 Å². The molecular formula is C32H36FN3O7S. The molecule has 4 rings (SSSR count). The van der Waals surface area contributed by atoms with Crippen LogP contribution in [0.1, 0.15) is 61.4 Å². The molecule has 2 amide bonds. The third-order valence-electron chi connectivity index (χ3n) is 7.43. The number of fused-ring (bicyclic) bond motifs is 3. The second kappa shape index (κ2) is 13.7. The smallest absolute Gasteiger partial charge is 0.328 e. The van der Waals surface area contributed by atoms with Crippen molar-refractivity contribution in [2.45, 2.75) is 69.0 Å². The molecule has 234 valence electrons. The molecule has 0 bridgehead atoms. The van der Waals surface area contributed by atoms with Crippen LogP contribution in [0.25, 0.3) is 28.5 Å². The Balaban J connectivity index is 1.95. The van der Waals surface area contributed by atoms with Crippen molar-refractivity contribution in [2.24, 2.45) is 0 Å². The van der Waals surface area contributed by atoms with E-state index < -0.39 is 46.5 Å². The summed E-state index contributed by atoms with van der Waals surface area (Å²) in [7, 11) is -2.87. The van der Waals surface area contributed by atoms with Gasteiger partial charge in [0.25, 0.3) is 10.0 Å². The van der Waals surface area contributed by atoms with E-state index in [-0.39, 0.29) is 17.2 Å². The van der Waals surface area contributed by atoms with Gasteiger partial charge in [-0.15, -0.1) is 0 Å². The van der Waals surface area contributed by atoms with Gasteiger partial charge in [0, 0.05) is 24.6 Å². The maximum Gasteiger partial charge on any atom is 0.328 e. The first kappa shape index (κ1) is 32.8. The molecule has 0 radical (unpaired) electrons. The zero-order chi connectivity index (χ0) is 32.2. The van der Waals surface area contributed by atoms with Crippen LogP contribution in [0.15, 0.2) is 53.4 Å². The highest BCUT2D eigenvalue weighted by Crippen LogP contribution is 2.42. The lowest BCUT2D eigenvalue weighted by Gasteiger charge is -2.22. The van der Waals surface area contributed by atoms with Crippen molar-refractivity contribution in [1.29, 1.82) is 0 Å². The minimum Gasteiger partial charge on any atom is -0.481 e. The summed E-state index contributed by atoms with van der Waals surface area (Å²) in [5.74, 6) is -1.73. The number of carboxylic acids is 1. The van der Waals surface area contributed by atoms with Crippen molar-refractivity contribution in [2.75, 3.05) is 7.05 Å². The summed E-state index contributed by atoms with van der Waals surface area (Å²) in [6.45, 7) is 3.89. The molecule has 12 heteroatoms. The van der Waals surface area contributed by atoms with Crippen LogP contribution < -0.4 is 10.0 Å². The molecule has 0 unspecified atom stereocenters. The molecule has 1 aliphatic carbocycles. The molecule has 0 fully saturated rings. The number of pyridine rings is 1. The van der Waals surface area contributed by atoms with Crippen molar-refractivity contribution in [3.63, 3.8) is 0 Å². The Kier molecular flexibility index (Phi) is 10.2. The zero-order valence-electron chi connectivity index (χ0n) is 24.7. The number of urea groups is 1. The predicted molar refractivity (Wildman–Crippen MR) is 164 cm³/mol. The molecule has 2 atom stereocenters. The molecule has 2 aromatic carbocycles. The van der Waals surface area contributed by atoms with Gasteiger partial charge in [-0.05, 0) is 71.7 Å². The number of aromatic nitrogens is 1. The van der Waals surface area contributed by atoms with E-state index in [2.05, 4.69) is 5.32 Å². The average molecular weight is 626 g/mol. The number of carboxylic acid groups (broad SMARTS) is 1. The topological polar surface area (TPSA) is 166 Å². The first-order valence-electron chi connectivity index (χ1n) is 14.3. The first-order chi connectivity index (χ1) is 20.8. The van der Waals surface area contributed by atoms with Crippen LogP contribution in [0, 0.1) is 5.82 Å². The number of halogens is 1. The number of aliphatic hydroxyl groups excluding tert-OH is 2. The molecule has 0 aliphatic heterocycles. The first-order valence-corrected chi connectivity index (χ1v) is 15.8. The van der Waals surface area contributed by atoms with Crippen LogP contribution >= 0.6 is 0 Å². The van der Waals surface area contributed by atoms with E-state index in [9.17, 15) is 32.6 Å². The summed E-state index contributed by atoms with van der Waals surface area (Å²) in [5.41, 5.74) is 5.64. The van der Waals surface area contributed by atoms with E-state index in [1.807, 2.05) is 18.6 Å². The van der Waals surface area contributed by atoms with Gasteiger partial charge in [-0.2, -0.15) is 0 Å². The number of aliphatic hydroxyl groups is 2. The zero-order valence-corrected chi connectivity index (χ0v) is 25.5. The quantitative estimate of drug-likeness (QED) is 0.221. The Morgan fingerprint density at radius 2 is 1.80 bits per heavy atom. The highest BCUT2D eigenvalue weighted by Gasteiger charge is 2.27. The molecule has 1 aliphatic rings. The number of hydrogen-bond acceptors (Lipinski definition) is 7. The lowest BCUT2D eigenvalue weighted by molar-refractivity contribution is -0.139. The number of amides is 2. The summed E-state index contributed by atoms with van der Waals surface area (Å²) >= 11 is 0. The molecule has 3 aromatic rings. The van der Waals surface area contributed by atoms with E-state index in [0.717, 1.165) is 16.7 Å². The Morgan fingerprint density at radius 1 is 1.09 bits per heavy atom. The van der Waals surface area contributed by atoms with Crippen LogP contribution in [0.5, 0.6) is 0 Å². The van der Waals surface area contributed by atoms with Gasteiger partial charge in [0.05, 0.1) is 34.9 Å². The summed E-state index contributed by atoms with van der Waals surface area (Å²) < 4.78 is 42.0. The van der Waals surface area contributed by atoms with E-state index in [1.165, 1.54) is 37.4 Å². The van der Waals surface area contributed by atoms with E-state index >= 15 is 0 Å². The van der Waals surface area contributed by atoms with Gasteiger partial charge in [0.1, 0.15) is 5.82 Å². The van der Waals surface area contributed by atoms with Gasteiger partial charge in [-0.3, -0.25) is 9.78 Å². The minimum atomic E-state index is -4.18. The second-order valence-electron chi connectivity index (χ2n) is 11.0. The fraction of sp³-hybridized carbons (Fsp3) is 0.344. The molecule has 10 nitrogen and oxygen atoms in total. The number of sulfonamides is 1. The summed E-state index contributed by atoms with van der Waals surface area (Å²) in [6.07, 6.45) is 2.03. The third-order valence-corrected chi connectivity index (χ3v) is 8.76. The SMILES string of the molecule is CNC(=O)NS(=O)(=O)c1ccc2c(c1)-c1nc(C(C)C)c(/C=C/[C@@H](O)C[C@@H](O)CC(=O)O)c(-c3ccc(F)cc3)c1CCC2. The minimum absolute atomic E-state index is 0.101. The molecule has 5 N–H and O–H groups in total. The number of carbonyl (C=O) groups is 2. The molecule has 1 heterocycles.